The number of sulfonamides is 1. The first-order valence-corrected chi connectivity index (χ1v) is 11.9. The largest absolute Gasteiger partial charge is 0.302 e. The summed E-state index contributed by atoms with van der Waals surface area (Å²) in [7, 11) is -3.96. The number of hydrogen-bond acceptors (Lipinski definition) is 5. The van der Waals surface area contributed by atoms with E-state index >= 15 is 0 Å². The molecule has 3 aromatic rings. The number of pyridine rings is 1. The molecule has 1 saturated carbocycles. The second kappa shape index (κ2) is 7.72. The van der Waals surface area contributed by atoms with Crippen molar-refractivity contribution in [3.05, 3.63) is 88.7 Å². The van der Waals surface area contributed by atoms with Gasteiger partial charge in [-0.25, -0.2) is 12.7 Å². The van der Waals surface area contributed by atoms with Crippen LogP contribution in [0.2, 0.25) is 5.02 Å². The molecule has 0 spiro atoms. The van der Waals surface area contributed by atoms with Crippen molar-refractivity contribution < 1.29 is 18.0 Å². The van der Waals surface area contributed by atoms with E-state index in [4.69, 9.17) is 11.6 Å². The van der Waals surface area contributed by atoms with Gasteiger partial charge in [-0.1, -0.05) is 17.7 Å². The molecule has 2 heterocycles. The van der Waals surface area contributed by atoms with E-state index in [9.17, 15) is 18.0 Å². The van der Waals surface area contributed by atoms with Gasteiger partial charge in [0.15, 0.2) is 0 Å². The molecule has 1 fully saturated rings. The summed E-state index contributed by atoms with van der Waals surface area (Å²) in [6, 6.07) is 16.1. The van der Waals surface area contributed by atoms with Crippen molar-refractivity contribution in [2.75, 3.05) is 4.90 Å². The lowest BCUT2D eigenvalue weighted by Crippen LogP contribution is -2.32. The maximum atomic E-state index is 13.5. The van der Waals surface area contributed by atoms with Crippen LogP contribution in [0.3, 0.4) is 0 Å². The van der Waals surface area contributed by atoms with Gasteiger partial charge in [-0.15, -0.1) is 0 Å². The van der Waals surface area contributed by atoms with Crippen LogP contribution in [0.5, 0.6) is 0 Å². The fourth-order valence-corrected chi connectivity index (χ4v) is 5.73. The predicted octanol–water partition coefficient (Wildman–Crippen LogP) is 3.89. The molecule has 162 valence electrons. The smallest absolute Gasteiger partial charge is 0.269 e. The molecule has 7 nitrogen and oxygen atoms in total. The zero-order chi connectivity index (χ0) is 22.5. The van der Waals surface area contributed by atoms with Crippen molar-refractivity contribution in [2.45, 2.75) is 30.3 Å². The van der Waals surface area contributed by atoms with Crippen LogP contribution < -0.4 is 4.90 Å². The molecule has 0 N–H and O–H groups in total. The highest BCUT2D eigenvalue weighted by atomic mass is 35.5. The number of aromatic nitrogens is 1. The summed E-state index contributed by atoms with van der Waals surface area (Å²) >= 11 is 6.01. The Balaban J connectivity index is 1.54. The van der Waals surface area contributed by atoms with Crippen LogP contribution in [0.1, 0.15) is 39.3 Å². The molecule has 5 rings (SSSR count). The van der Waals surface area contributed by atoms with Crippen LogP contribution in [-0.2, 0) is 16.6 Å². The van der Waals surface area contributed by atoms with Crippen molar-refractivity contribution in [3.63, 3.8) is 0 Å². The number of rotatable bonds is 5. The van der Waals surface area contributed by atoms with Gasteiger partial charge in [-0.3, -0.25) is 14.6 Å². The van der Waals surface area contributed by atoms with Gasteiger partial charge in [0.05, 0.1) is 17.8 Å². The standard InChI is InChI=1S/C23H18ClN3O4S/c24-16-5-7-18(8-6-16)26(14-17-3-1-2-12-25-17)22(28)15-4-11-20-21(13-15)32(30,31)27(23(20)29)19-9-10-19/h1-8,11-13,19H,9-10,14H2. The zero-order valence-electron chi connectivity index (χ0n) is 16.8. The topological polar surface area (TPSA) is 87.7 Å². The molecule has 0 atom stereocenters. The molecular formula is C23H18ClN3O4S. The molecule has 2 amide bonds. The van der Waals surface area contributed by atoms with E-state index in [0.717, 1.165) is 4.31 Å². The highest BCUT2D eigenvalue weighted by Gasteiger charge is 2.48. The molecule has 1 aliphatic heterocycles. The average Bonchev–Trinajstić information content (AvgIpc) is 3.60. The summed E-state index contributed by atoms with van der Waals surface area (Å²) in [5, 5.41) is 0.529. The number of nitrogens with zero attached hydrogens (tertiary/aromatic N) is 3. The van der Waals surface area contributed by atoms with E-state index in [1.807, 2.05) is 6.07 Å². The van der Waals surface area contributed by atoms with Crippen molar-refractivity contribution in [2.24, 2.45) is 0 Å². The first kappa shape index (κ1) is 20.7. The van der Waals surface area contributed by atoms with Crippen molar-refractivity contribution >= 4 is 39.1 Å². The van der Waals surface area contributed by atoms with Gasteiger partial charge in [-0.2, -0.15) is 0 Å². The Labute approximate surface area is 190 Å². The van der Waals surface area contributed by atoms with Crippen LogP contribution in [0.4, 0.5) is 5.69 Å². The highest BCUT2D eigenvalue weighted by Crippen LogP contribution is 2.40. The molecule has 2 aromatic carbocycles. The lowest BCUT2D eigenvalue weighted by Gasteiger charge is -2.23. The number of benzene rings is 2. The summed E-state index contributed by atoms with van der Waals surface area (Å²) in [5.74, 6) is -0.933. The molecule has 1 aromatic heterocycles. The fraction of sp³-hybridized carbons (Fsp3) is 0.174. The van der Waals surface area contributed by atoms with Gasteiger partial charge in [0, 0.05) is 28.5 Å². The van der Waals surface area contributed by atoms with Crippen molar-refractivity contribution in [1.29, 1.82) is 0 Å². The molecule has 32 heavy (non-hydrogen) atoms. The second-order valence-corrected chi connectivity index (χ2v) is 9.96. The molecule has 2 aliphatic rings. The number of anilines is 1. The third-order valence-electron chi connectivity index (χ3n) is 5.50. The van der Waals surface area contributed by atoms with Crippen LogP contribution in [0.15, 0.2) is 71.8 Å². The lowest BCUT2D eigenvalue weighted by molar-refractivity contribution is 0.0864. The number of hydrogen-bond donors (Lipinski definition) is 0. The van der Waals surface area contributed by atoms with E-state index in [0.29, 0.717) is 29.2 Å². The fourth-order valence-electron chi connectivity index (χ4n) is 3.76. The minimum atomic E-state index is -3.96. The molecule has 1 aliphatic carbocycles. The molecule has 0 radical (unpaired) electrons. The Hall–Kier alpha value is -3.23. The number of fused-ring (bicyclic) bond motifs is 1. The quantitative estimate of drug-likeness (QED) is 0.568. The van der Waals surface area contributed by atoms with E-state index in [-0.39, 0.29) is 28.6 Å². The van der Waals surface area contributed by atoms with Crippen LogP contribution in [0.25, 0.3) is 0 Å². The average molecular weight is 468 g/mol. The van der Waals surface area contributed by atoms with Crippen LogP contribution >= 0.6 is 11.6 Å². The normalized spacial score (nSPS) is 16.7. The summed E-state index contributed by atoms with van der Waals surface area (Å²) in [6.07, 6.45) is 2.97. The number of halogens is 1. The Bertz CT molecular complexity index is 1320. The summed E-state index contributed by atoms with van der Waals surface area (Å²) < 4.78 is 26.9. The van der Waals surface area contributed by atoms with E-state index < -0.39 is 21.8 Å². The molecular weight excluding hydrogens is 450 g/mol. The monoisotopic (exact) mass is 467 g/mol. The molecule has 9 heteroatoms. The Morgan fingerprint density at radius 2 is 1.84 bits per heavy atom. The first-order chi connectivity index (χ1) is 15.4. The first-order valence-electron chi connectivity index (χ1n) is 10.1. The lowest BCUT2D eigenvalue weighted by atomic mass is 10.1. The third-order valence-corrected chi connectivity index (χ3v) is 7.63. The minimum absolute atomic E-state index is 0.108. The summed E-state index contributed by atoms with van der Waals surface area (Å²) in [6.45, 7) is 0.179. The molecule has 0 saturated heterocycles. The number of amides is 2. The minimum Gasteiger partial charge on any atom is -0.302 e. The van der Waals surface area contributed by atoms with Gasteiger partial charge >= 0.3 is 0 Å². The predicted molar refractivity (Wildman–Crippen MR) is 119 cm³/mol. The summed E-state index contributed by atoms with van der Waals surface area (Å²) in [5.41, 5.74) is 1.53. The van der Waals surface area contributed by atoms with Crippen molar-refractivity contribution in [3.8, 4) is 0 Å². The molecule has 0 unspecified atom stereocenters. The van der Waals surface area contributed by atoms with E-state index in [1.165, 1.54) is 23.1 Å². The maximum Gasteiger partial charge on any atom is 0.269 e. The maximum absolute atomic E-state index is 13.5. The Morgan fingerprint density at radius 3 is 2.50 bits per heavy atom. The second-order valence-electron chi connectivity index (χ2n) is 7.74. The highest BCUT2D eigenvalue weighted by molar-refractivity contribution is 7.90. The Kier molecular flexibility index (Phi) is 4.98. The SMILES string of the molecule is O=C(c1ccc2c(c1)S(=O)(=O)N(C1CC1)C2=O)N(Cc1ccccn1)c1ccc(Cl)cc1. The van der Waals surface area contributed by atoms with Gasteiger partial charge < -0.3 is 4.90 Å². The number of carbonyl (C=O) groups excluding carboxylic acids is 2. The zero-order valence-corrected chi connectivity index (χ0v) is 18.4. The van der Waals surface area contributed by atoms with Gasteiger partial charge in [0.2, 0.25) is 0 Å². The third kappa shape index (κ3) is 3.55. The number of carbonyl (C=O) groups is 2. The van der Waals surface area contributed by atoms with Crippen LogP contribution in [0, 0.1) is 0 Å². The van der Waals surface area contributed by atoms with Gasteiger partial charge in [0.25, 0.3) is 21.8 Å². The van der Waals surface area contributed by atoms with Crippen LogP contribution in [-0.4, -0.2) is 35.6 Å². The van der Waals surface area contributed by atoms with Crippen molar-refractivity contribution in [1.82, 2.24) is 9.29 Å². The van der Waals surface area contributed by atoms with Gasteiger partial charge in [0.1, 0.15) is 4.90 Å². The van der Waals surface area contributed by atoms with E-state index in [1.54, 1.807) is 42.6 Å². The molecule has 0 bridgehead atoms. The Morgan fingerprint density at radius 1 is 1.09 bits per heavy atom. The van der Waals surface area contributed by atoms with Gasteiger partial charge in [-0.05, 0) is 67.4 Å². The summed E-state index contributed by atoms with van der Waals surface area (Å²) in [4.78, 5) is 31.8. The van der Waals surface area contributed by atoms with E-state index in [2.05, 4.69) is 4.98 Å².